The Labute approximate surface area is 115 Å². The van der Waals surface area contributed by atoms with Crippen LogP contribution in [0.5, 0.6) is 0 Å². The topological polar surface area (TPSA) is 114 Å². The predicted octanol–water partition coefficient (Wildman–Crippen LogP) is 0.154. The van der Waals surface area contributed by atoms with E-state index in [0.29, 0.717) is 17.7 Å². The molecule has 2 aromatic rings. The largest absolute Gasteiger partial charge is 0.326 e. The molecule has 0 aliphatic rings. The lowest BCUT2D eigenvalue weighted by Crippen LogP contribution is -2.27. The van der Waals surface area contributed by atoms with Gasteiger partial charge in [0.25, 0.3) is 10.0 Å². The molecule has 104 valence electrons. The summed E-state index contributed by atoms with van der Waals surface area (Å²) in [5.74, 6) is 0. The van der Waals surface area contributed by atoms with E-state index < -0.39 is 10.0 Å². The first-order valence-electron chi connectivity index (χ1n) is 5.66. The van der Waals surface area contributed by atoms with Crippen molar-refractivity contribution < 1.29 is 8.42 Å². The van der Waals surface area contributed by atoms with Crippen molar-refractivity contribution in [2.75, 3.05) is 6.54 Å². The van der Waals surface area contributed by atoms with Gasteiger partial charge in [0.15, 0.2) is 5.03 Å². The number of hydrogen-bond acceptors (Lipinski definition) is 6. The summed E-state index contributed by atoms with van der Waals surface area (Å²) in [5, 5.41) is 9.17. The Balaban J connectivity index is 2.05. The molecule has 0 spiro atoms. The smallest absolute Gasteiger partial charge is 0.260 e. The van der Waals surface area contributed by atoms with Gasteiger partial charge in [-0.1, -0.05) is 0 Å². The summed E-state index contributed by atoms with van der Waals surface area (Å²) in [6, 6.07) is 0. The highest BCUT2D eigenvalue weighted by atomic mass is 32.2. The Kier molecular flexibility index (Phi) is 4.30. The monoisotopic (exact) mass is 301 g/mol. The molecule has 0 bridgehead atoms. The number of rotatable bonds is 6. The van der Waals surface area contributed by atoms with Crippen molar-refractivity contribution >= 4 is 21.4 Å². The van der Waals surface area contributed by atoms with Crippen LogP contribution < -0.4 is 10.5 Å². The summed E-state index contributed by atoms with van der Waals surface area (Å²) >= 11 is 1.49. The fourth-order valence-electron chi connectivity index (χ4n) is 1.63. The summed E-state index contributed by atoms with van der Waals surface area (Å²) in [5.41, 5.74) is 6.72. The van der Waals surface area contributed by atoms with Crippen molar-refractivity contribution in [2.45, 2.75) is 24.9 Å². The van der Waals surface area contributed by atoms with Crippen molar-refractivity contribution in [1.82, 2.24) is 19.9 Å². The standard InChI is InChI=1S/C10H15N5O2S2/c1-7-8(6-11)10(15-14-7)19(16,17)13-3-2-9-12-4-5-18-9/h4-5,13H,2-3,6,11H2,1H3,(H,14,15). The van der Waals surface area contributed by atoms with Crippen LogP contribution in [-0.2, 0) is 23.0 Å². The molecule has 7 nitrogen and oxygen atoms in total. The maximum absolute atomic E-state index is 12.1. The molecule has 2 heterocycles. The molecule has 0 saturated carbocycles. The molecule has 0 aliphatic carbocycles. The molecule has 0 saturated heterocycles. The fourth-order valence-corrected chi connectivity index (χ4v) is 3.48. The van der Waals surface area contributed by atoms with Crippen molar-refractivity contribution in [1.29, 1.82) is 0 Å². The number of aromatic amines is 1. The molecule has 0 fully saturated rings. The van der Waals surface area contributed by atoms with Crippen LogP contribution in [0.25, 0.3) is 0 Å². The molecule has 19 heavy (non-hydrogen) atoms. The lowest BCUT2D eigenvalue weighted by molar-refractivity contribution is 0.576. The zero-order valence-electron chi connectivity index (χ0n) is 10.4. The molecule has 0 aromatic carbocycles. The van der Waals surface area contributed by atoms with Gasteiger partial charge in [-0.05, 0) is 6.92 Å². The SMILES string of the molecule is Cc1[nH]nc(S(=O)(=O)NCCc2nccs2)c1CN. The first-order chi connectivity index (χ1) is 9.04. The number of aromatic nitrogens is 3. The molecule has 0 aliphatic heterocycles. The summed E-state index contributed by atoms with van der Waals surface area (Å²) in [6.07, 6.45) is 2.25. The average Bonchev–Trinajstić information content (AvgIpc) is 2.98. The van der Waals surface area contributed by atoms with E-state index in [9.17, 15) is 8.42 Å². The first-order valence-corrected chi connectivity index (χ1v) is 8.03. The van der Waals surface area contributed by atoms with Crippen LogP contribution >= 0.6 is 11.3 Å². The third kappa shape index (κ3) is 3.18. The third-order valence-electron chi connectivity index (χ3n) is 2.61. The average molecular weight is 301 g/mol. The minimum absolute atomic E-state index is 0.0216. The quantitative estimate of drug-likeness (QED) is 0.703. The van der Waals surface area contributed by atoms with Gasteiger partial charge in [-0.25, -0.2) is 18.1 Å². The molecule has 0 radical (unpaired) electrons. The highest BCUT2D eigenvalue weighted by Gasteiger charge is 2.22. The van der Waals surface area contributed by atoms with Crippen LogP contribution in [0.1, 0.15) is 16.3 Å². The van der Waals surface area contributed by atoms with E-state index in [-0.39, 0.29) is 18.1 Å². The molecule has 9 heteroatoms. The molecule has 0 amide bonds. The Morgan fingerprint density at radius 2 is 2.32 bits per heavy atom. The highest BCUT2D eigenvalue weighted by Crippen LogP contribution is 2.15. The predicted molar refractivity (Wildman–Crippen MR) is 72.2 cm³/mol. The molecular weight excluding hydrogens is 286 g/mol. The zero-order valence-corrected chi connectivity index (χ0v) is 12.0. The van der Waals surface area contributed by atoms with Gasteiger partial charge in [-0.3, -0.25) is 5.10 Å². The van der Waals surface area contributed by atoms with E-state index in [1.807, 2.05) is 5.38 Å². The molecular formula is C10H15N5O2S2. The second-order valence-corrected chi connectivity index (χ2v) is 6.57. The second-order valence-electron chi connectivity index (χ2n) is 3.91. The van der Waals surface area contributed by atoms with Crippen LogP contribution in [-0.4, -0.2) is 30.1 Å². The van der Waals surface area contributed by atoms with Crippen LogP contribution in [0.15, 0.2) is 16.6 Å². The lowest BCUT2D eigenvalue weighted by atomic mass is 10.3. The Morgan fingerprint density at radius 3 is 2.95 bits per heavy atom. The lowest BCUT2D eigenvalue weighted by Gasteiger charge is -2.05. The fraction of sp³-hybridized carbons (Fsp3) is 0.400. The van der Waals surface area contributed by atoms with Crippen molar-refractivity contribution in [3.8, 4) is 0 Å². The van der Waals surface area contributed by atoms with E-state index in [1.165, 1.54) is 11.3 Å². The highest BCUT2D eigenvalue weighted by molar-refractivity contribution is 7.89. The van der Waals surface area contributed by atoms with Crippen molar-refractivity contribution in [3.63, 3.8) is 0 Å². The van der Waals surface area contributed by atoms with Gasteiger partial charge in [0.2, 0.25) is 0 Å². The van der Waals surface area contributed by atoms with Crippen molar-refractivity contribution in [2.24, 2.45) is 5.73 Å². The van der Waals surface area contributed by atoms with Crippen molar-refractivity contribution in [3.05, 3.63) is 27.8 Å². The van der Waals surface area contributed by atoms with Gasteiger partial charge in [0.05, 0.1) is 5.01 Å². The van der Waals surface area contributed by atoms with Gasteiger partial charge >= 0.3 is 0 Å². The van der Waals surface area contributed by atoms with Crippen LogP contribution in [0.2, 0.25) is 0 Å². The maximum atomic E-state index is 12.1. The third-order valence-corrected chi connectivity index (χ3v) is 4.88. The van der Waals surface area contributed by atoms with E-state index in [4.69, 9.17) is 5.73 Å². The number of sulfonamides is 1. The first kappa shape index (κ1) is 14.1. The summed E-state index contributed by atoms with van der Waals surface area (Å²) in [6.45, 7) is 2.15. The number of H-pyrrole nitrogens is 1. The zero-order chi connectivity index (χ0) is 13.9. The Bertz CT molecular complexity index is 633. The number of nitrogens with one attached hydrogen (secondary N) is 2. The number of aryl methyl sites for hydroxylation is 1. The van der Waals surface area contributed by atoms with Gasteiger partial charge in [0, 0.05) is 42.3 Å². The second kappa shape index (κ2) is 5.78. The molecule has 4 N–H and O–H groups in total. The Hall–Kier alpha value is -1.29. The van der Waals surface area contributed by atoms with Crippen LogP contribution in [0.4, 0.5) is 0 Å². The van der Waals surface area contributed by atoms with Gasteiger partial charge in [-0.15, -0.1) is 11.3 Å². The number of thiazole rings is 1. The van der Waals surface area contributed by atoms with Gasteiger partial charge < -0.3 is 5.73 Å². The normalized spacial score (nSPS) is 11.9. The summed E-state index contributed by atoms with van der Waals surface area (Å²) in [7, 11) is -3.63. The van der Waals surface area contributed by atoms with Crippen LogP contribution in [0.3, 0.4) is 0 Å². The molecule has 0 unspecified atom stereocenters. The molecule has 0 atom stereocenters. The molecule has 2 aromatic heterocycles. The number of hydrogen-bond donors (Lipinski definition) is 3. The van der Waals surface area contributed by atoms with Crippen LogP contribution in [0, 0.1) is 6.92 Å². The Morgan fingerprint density at radius 1 is 1.53 bits per heavy atom. The number of nitrogens with two attached hydrogens (primary N) is 1. The van der Waals surface area contributed by atoms with E-state index in [2.05, 4.69) is 19.9 Å². The van der Waals surface area contributed by atoms with E-state index >= 15 is 0 Å². The minimum Gasteiger partial charge on any atom is -0.326 e. The summed E-state index contributed by atoms with van der Waals surface area (Å²) < 4.78 is 26.7. The maximum Gasteiger partial charge on any atom is 0.260 e. The summed E-state index contributed by atoms with van der Waals surface area (Å²) in [4.78, 5) is 4.09. The van der Waals surface area contributed by atoms with E-state index in [0.717, 1.165) is 5.01 Å². The van der Waals surface area contributed by atoms with Gasteiger partial charge in [0.1, 0.15) is 0 Å². The van der Waals surface area contributed by atoms with Gasteiger partial charge in [-0.2, -0.15) is 5.10 Å². The van der Waals surface area contributed by atoms with E-state index in [1.54, 1.807) is 13.1 Å². The molecule has 2 rings (SSSR count). The number of nitrogens with zero attached hydrogens (tertiary/aromatic N) is 2. The minimum atomic E-state index is -3.63.